The summed E-state index contributed by atoms with van der Waals surface area (Å²) in [4.78, 5) is 9.00. The minimum atomic E-state index is -0.833. The van der Waals surface area contributed by atoms with Gasteiger partial charge in [0.25, 0.3) is 5.97 Å². The van der Waals surface area contributed by atoms with Crippen molar-refractivity contribution in [3.05, 3.63) is 0 Å². The summed E-state index contributed by atoms with van der Waals surface area (Å²) in [5.41, 5.74) is 5.46. The lowest BCUT2D eigenvalue weighted by Gasteiger charge is -2.02. The van der Waals surface area contributed by atoms with Gasteiger partial charge in [-0.05, 0) is 13.0 Å². The van der Waals surface area contributed by atoms with Gasteiger partial charge in [-0.2, -0.15) is 0 Å². The van der Waals surface area contributed by atoms with Crippen LogP contribution in [0.5, 0.6) is 0 Å². The largest absolute Gasteiger partial charge is 0.481 e. The highest BCUT2D eigenvalue weighted by molar-refractivity contribution is 5.62. The summed E-state index contributed by atoms with van der Waals surface area (Å²) in [6, 6.07) is 0. The third kappa shape index (κ3) is 30.5. The molecule has 0 heterocycles. The molecule has 0 radical (unpaired) electrons. The van der Waals surface area contributed by atoms with Crippen molar-refractivity contribution in [2.24, 2.45) is 5.73 Å². The monoisotopic (exact) mass is 287 g/mol. The average Bonchev–Trinajstić information content (AvgIpc) is 2.39. The fraction of sp³-hybridized carbons (Fsp3) is 0.941. The molecule has 0 saturated heterocycles. The van der Waals surface area contributed by atoms with E-state index in [1.807, 2.05) is 0 Å². The first-order valence-electron chi connectivity index (χ1n) is 8.54. The lowest BCUT2D eigenvalue weighted by molar-refractivity contribution is -0.134. The normalized spacial score (nSPS) is 9.95. The third-order valence-electron chi connectivity index (χ3n) is 3.31. The number of nitrogens with two attached hydrogens (primary N) is 1. The molecule has 20 heavy (non-hydrogen) atoms. The van der Waals surface area contributed by atoms with Gasteiger partial charge in [-0.1, -0.05) is 84.0 Å². The van der Waals surface area contributed by atoms with Crippen LogP contribution >= 0.6 is 0 Å². The van der Waals surface area contributed by atoms with Crippen molar-refractivity contribution in [1.29, 1.82) is 0 Å². The number of carbonyl (C=O) groups is 1. The summed E-state index contributed by atoms with van der Waals surface area (Å²) >= 11 is 0. The second-order valence-electron chi connectivity index (χ2n) is 5.55. The molecule has 0 saturated carbocycles. The second kappa shape index (κ2) is 20.7. The molecule has 0 aliphatic rings. The van der Waals surface area contributed by atoms with E-state index in [0.717, 1.165) is 13.5 Å². The molecule has 0 spiro atoms. The number of carboxylic acids is 1. The fourth-order valence-electron chi connectivity index (χ4n) is 2.16. The van der Waals surface area contributed by atoms with Crippen LogP contribution in [0.3, 0.4) is 0 Å². The van der Waals surface area contributed by atoms with Crippen molar-refractivity contribution in [2.45, 2.75) is 97.3 Å². The number of hydrogen-bond acceptors (Lipinski definition) is 2. The quantitative estimate of drug-likeness (QED) is 0.462. The number of rotatable bonds is 13. The molecular weight excluding hydrogens is 250 g/mol. The smallest absolute Gasteiger partial charge is 0.300 e. The van der Waals surface area contributed by atoms with Crippen molar-refractivity contribution < 1.29 is 9.90 Å². The molecule has 0 aromatic rings. The fourth-order valence-corrected chi connectivity index (χ4v) is 2.16. The first kappa shape index (κ1) is 21.7. The predicted octanol–water partition coefficient (Wildman–Crippen LogP) is 5.13. The Labute approximate surface area is 126 Å². The van der Waals surface area contributed by atoms with E-state index in [1.54, 1.807) is 0 Å². The summed E-state index contributed by atoms with van der Waals surface area (Å²) in [7, 11) is 0. The third-order valence-corrected chi connectivity index (χ3v) is 3.31. The topological polar surface area (TPSA) is 63.3 Å². The SMILES string of the molecule is CC(=O)O.CCCCCCCCCCCCCCCN. The van der Waals surface area contributed by atoms with Crippen molar-refractivity contribution >= 4 is 5.97 Å². The van der Waals surface area contributed by atoms with Gasteiger partial charge >= 0.3 is 0 Å². The van der Waals surface area contributed by atoms with Crippen LogP contribution in [0.1, 0.15) is 97.3 Å². The van der Waals surface area contributed by atoms with Gasteiger partial charge in [-0.3, -0.25) is 4.79 Å². The summed E-state index contributed by atoms with van der Waals surface area (Å²) in [6.45, 7) is 4.24. The Balaban J connectivity index is 0. The molecule has 0 aliphatic heterocycles. The molecule has 0 aliphatic carbocycles. The first-order chi connectivity index (χ1) is 9.65. The minimum absolute atomic E-state index is 0.833. The molecule has 0 aromatic heterocycles. The highest BCUT2D eigenvalue weighted by Gasteiger charge is 1.92. The number of hydrogen-bond donors (Lipinski definition) is 2. The van der Waals surface area contributed by atoms with Crippen molar-refractivity contribution in [3.8, 4) is 0 Å². The van der Waals surface area contributed by atoms with E-state index >= 15 is 0 Å². The van der Waals surface area contributed by atoms with Gasteiger partial charge in [-0.25, -0.2) is 0 Å². The van der Waals surface area contributed by atoms with Crippen LogP contribution in [0.4, 0.5) is 0 Å². The zero-order valence-corrected chi connectivity index (χ0v) is 13.8. The van der Waals surface area contributed by atoms with E-state index in [9.17, 15) is 0 Å². The number of carboxylic acid groups (broad SMARTS) is 1. The molecule has 3 N–H and O–H groups in total. The van der Waals surface area contributed by atoms with Gasteiger partial charge in [0.05, 0.1) is 0 Å². The van der Waals surface area contributed by atoms with Gasteiger partial charge in [-0.15, -0.1) is 0 Å². The Morgan fingerprint density at radius 2 is 1.00 bits per heavy atom. The maximum absolute atomic E-state index is 9.00. The Kier molecular flexibility index (Phi) is 22.5. The molecule has 3 nitrogen and oxygen atoms in total. The standard InChI is InChI=1S/C15H33N.C2H4O2/c1-2-3-4-5-6-7-8-9-10-11-12-13-14-15-16;1-2(3)4/h2-16H2,1H3;1H3,(H,3,4). The molecule has 0 amide bonds. The maximum Gasteiger partial charge on any atom is 0.300 e. The van der Waals surface area contributed by atoms with Crippen LogP contribution in [0.15, 0.2) is 0 Å². The second-order valence-corrected chi connectivity index (χ2v) is 5.55. The molecule has 0 bridgehead atoms. The highest BCUT2D eigenvalue weighted by Crippen LogP contribution is 2.12. The molecule has 0 atom stereocenters. The molecule has 122 valence electrons. The first-order valence-corrected chi connectivity index (χ1v) is 8.54. The van der Waals surface area contributed by atoms with Crippen LogP contribution in [0, 0.1) is 0 Å². The van der Waals surface area contributed by atoms with E-state index in [4.69, 9.17) is 15.6 Å². The van der Waals surface area contributed by atoms with Crippen LogP contribution in [0.25, 0.3) is 0 Å². The summed E-state index contributed by atoms with van der Waals surface area (Å²) < 4.78 is 0. The minimum Gasteiger partial charge on any atom is -0.481 e. The van der Waals surface area contributed by atoms with E-state index < -0.39 is 5.97 Å². The molecule has 0 rings (SSSR count). The molecule has 3 heteroatoms. The van der Waals surface area contributed by atoms with Crippen LogP contribution < -0.4 is 5.73 Å². The molecule has 0 fully saturated rings. The Hall–Kier alpha value is -0.570. The lowest BCUT2D eigenvalue weighted by Crippen LogP contribution is -1.97. The lowest BCUT2D eigenvalue weighted by atomic mass is 10.0. The zero-order chi connectivity index (χ0) is 15.5. The van der Waals surface area contributed by atoms with E-state index in [-0.39, 0.29) is 0 Å². The Bertz CT molecular complexity index is 166. The van der Waals surface area contributed by atoms with Gasteiger partial charge in [0, 0.05) is 6.92 Å². The van der Waals surface area contributed by atoms with E-state index in [2.05, 4.69) is 6.92 Å². The van der Waals surface area contributed by atoms with Gasteiger partial charge in [0.2, 0.25) is 0 Å². The van der Waals surface area contributed by atoms with Gasteiger partial charge in [0.1, 0.15) is 0 Å². The average molecular weight is 287 g/mol. The van der Waals surface area contributed by atoms with Crippen LogP contribution in [0.2, 0.25) is 0 Å². The van der Waals surface area contributed by atoms with E-state index in [0.29, 0.717) is 0 Å². The Morgan fingerprint density at radius 1 is 0.750 bits per heavy atom. The summed E-state index contributed by atoms with van der Waals surface area (Å²) in [6.07, 6.45) is 18.4. The Morgan fingerprint density at radius 3 is 1.25 bits per heavy atom. The van der Waals surface area contributed by atoms with Gasteiger partial charge in [0.15, 0.2) is 0 Å². The molecular formula is C17H37NO2. The van der Waals surface area contributed by atoms with Crippen molar-refractivity contribution in [2.75, 3.05) is 6.54 Å². The molecule has 0 aromatic carbocycles. The molecule has 0 unspecified atom stereocenters. The zero-order valence-electron chi connectivity index (χ0n) is 13.8. The van der Waals surface area contributed by atoms with Gasteiger partial charge < -0.3 is 10.8 Å². The van der Waals surface area contributed by atoms with Crippen LogP contribution in [-0.2, 0) is 4.79 Å². The van der Waals surface area contributed by atoms with Crippen molar-refractivity contribution in [1.82, 2.24) is 0 Å². The predicted molar refractivity (Wildman–Crippen MR) is 88.1 cm³/mol. The number of unbranched alkanes of at least 4 members (excludes halogenated alkanes) is 12. The maximum atomic E-state index is 9.00. The van der Waals surface area contributed by atoms with Crippen molar-refractivity contribution in [3.63, 3.8) is 0 Å². The number of aliphatic carboxylic acids is 1. The summed E-state index contributed by atoms with van der Waals surface area (Å²) in [5.74, 6) is -0.833. The van der Waals surface area contributed by atoms with E-state index in [1.165, 1.54) is 83.5 Å². The highest BCUT2D eigenvalue weighted by atomic mass is 16.4. The summed E-state index contributed by atoms with van der Waals surface area (Å²) in [5, 5.41) is 7.42. The van der Waals surface area contributed by atoms with Crippen LogP contribution in [-0.4, -0.2) is 17.6 Å².